The fourth-order valence-electron chi connectivity index (χ4n) is 1.78. The smallest absolute Gasteiger partial charge is 0.360 e. The Hall–Kier alpha value is -2.05. The molecule has 1 aromatic rings. The van der Waals surface area contributed by atoms with Gasteiger partial charge in [-0.25, -0.2) is 9.78 Å². The van der Waals surface area contributed by atoms with Crippen LogP contribution >= 0.6 is 0 Å². The van der Waals surface area contributed by atoms with Gasteiger partial charge in [-0.3, -0.25) is 4.79 Å². The number of nitrogens with one attached hydrogen (secondary N) is 1. The van der Waals surface area contributed by atoms with Gasteiger partial charge in [-0.2, -0.15) is 0 Å². The molecule has 1 rings (SSSR count). The number of nitrogens with zero attached hydrogens (tertiary/aromatic N) is 2. The van der Waals surface area contributed by atoms with Crippen LogP contribution < -0.4 is 11.1 Å². The number of nitrogen functional groups attached to an aromatic ring is 1. The Labute approximate surface area is 112 Å². The molecule has 0 aliphatic heterocycles. The fraction of sp³-hybridized carbons (Fsp3) is 0.583. The van der Waals surface area contributed by atoms with Gasteiger partial charge in [-0.05, 0) is 6.92 Å². The van der Waals surface area contributed by atoms with Gasteiger partial charge < -0.3 is 20.4 Å². The van der Waals surface area contributed by atoms with E-state index in [0.29, 0.717) is 31.8 Å². The number of carbonyl (C=O) groups is 2. The van der Waals surface area contributed by atoms with Crippen molar-refractivity contribution in [2.75, 3.05) is 19.4 Å². The minimum absolute atomic E-state index is 0.0581. The molecule has 0 spiro atoms. The first-order valence-electron chi connectivity index (χ1n) is 6.24. The molecular weight excluding hydrogens is 248 g/mol. The number of aromatic nitrogens is 2. The highest BCUT2D eigenvalue weighted by atomic mass is 16.5. The molecule has 0 fully saturated rings. The van der Waals surface area contributed by atoms with Gasteiger partial charge in [0.25, 0.3) is 0 Å². The van der Waals surface area contributed by atoms with E-state index in [-0.39, 0.29) is 17.4 Å². The molecule has 19 heavy (non-hydrogen) atoms. The van der Waals surface area contributed by atoms with Gasteiger partial charge in [0.15, 0.2) is 5.69 Å². The summed E-state index contributed by atoms with van der Waals surface area (Å²) in [6.45, 7) is 4.75. The zero-order valence-electron chi connectivity index (χ0n) is 11.5. The van der Waals surface area contributed by atoms with E-state index in [2.05, 4.69) is 15.0 Å². The van der Waals surface area contributed by atoms with Gasteiger partial charge >= 0.3 is 5.97 Å². The van der Waals surface area contributed by atoms with Crippen molar-refractivity contribution in [2.24, 2.45) is 0 Å². The van der Waals surface area contributed by atoms with E-state index < -0.39 is 5.97 Å². The number of methoxy groups -OCH3 is 1. The van der Waals surface area contributed by atoms with E-state index in [4.69, 9.17) is 5.73 Å². The lowest BCUT2D eigenvalue weighted by molar-refractivity contribution is -0.121. The first-order valence-corrected chi connectivity index (χ1v) is 6.24. The van der Waals surface area contributed by atoms with Gasteiger partial charge in [0, 0.05) is 25.9 Å². The van der Waals surface area contributed by atoms with E-state index >= 15 is 0 Å². The predicted molar refractivity (Wildman–Crippen MR) is 70.7 cm³/mol. The van der Waals surface area contributed by atoms with Crippen molar-refractivity contribution < 1.29 is 14.3 Å². The second-order valence-electron chi connectivity index (χ2n) is 3.96. The van der Waals surface area contributed by atoms with Crippen LogP contribution in [0.5, 0.6) is 0 Å². The average Bonchev–Trinajstić information content (AvgIpc) is 2.72. The Kier molecular flexibility index (Phi) is 5.35. The molecule has 1 heterocycles. The van der Waals surface area contributed by atoms with Gasteiger partial charge in [-0.15, -0.1) is 0 Å². The number of aryl methyl sites for hydroxylation is 1. The SMILES string of the molecule is CCNC(=O)CCn1c(CC)nc(C(=O)OC)c1N. The Morgan fingerprint density at radius 1 is 1.42 bits per heavy atom. The molecule has 0 aliphatic carbocycles. The monoisotopic (exact) mass is 268 g/mol. The highest BCUT2D eigenvalue weighted by Gasteiger charge is 2.20. The highest BCUT2D eigenvalue weighted by Crippen LogP contribution is 2.16. The number of rotatable bonds is 6. The molecule has 106 valence electrons. The largest absolute Gasteiger partial charge is 0.464 e. The van der Waals surface area contributed by atoms with Crippen molar-refractivity contribution in [3.05, 3.63) is 11.5 Å². The zero-order valence-corrected chi connectivity index (χ0v) is 11.5. The predicted octanol–water partition coefficient (Wildman–Crippen LogP) is 0.341. The van der Waals surface area contributed by atoms with Crippen LogP contribution in [0.25, 0.3) is 0 Å². The Morgan fingerprint density at radius 3 is 2.63 bits per heavy atom. The molecule has 0 atom stereocenters. The van der Waals surface area contributed by atoms with Crippen LogP contribution in [0.3, 0.4) is 0 Å². The van der Waals surface area contributed by atoms with Crippen molar-refractivity contribution in [3.8, 4) is 0 Å². The minimum atomic E-state index is -0.566. The van der Waals surface area contributed by atoms with Crippen LogP contribution in [-0.4, -0.2) is 35.1 Å². The molecule has 0 aromatic carbocycles. The van der Waals surface area contributed by atoms with E-state index in [1.54, 1.807) is 4.57 Å². The lowest BCUT2D eigenvalue weighted by Gasteiger charge is -2.08. The Bertz CT molecular complexity index is 468. The number of esters is 1. The maximum Gasteiger partial charge on any atom is 0.360 e. The lowest BCUT2D eigenvalue weighted by atomic mass is 10.3. The van der Waals surface area contributed by atoms with Crippen LogP contribution in [0.2, 0.25) is 0 Å². The van der Waals surface area contributed by atoms with Crippen LogP contribution in [0.15, 0.2) is 0 Å². The van der Waals surface area contributed by atoms with Crippen molar-refractivity contribution >= 4 is 17.7 Å². The second-order valence-corrected chi connectivity index (χ2v) is 3.96. The molecule has 0 aliphatic rings. The van der Waals surface area contributed by atoms with Gasteiger partial charge in [0.05, 0.1) is 7.11 Å². The summed E-state index contributed by atoms with van der Waals surface area (Å²) >= 11 is 0. The third kappa shape index (κ3) is 3.46. The first kappa shape index (κ1) is 15.0. The summed E-state index contributed by atoms with van der Waals surface area (Å²) in [6.07, 6.45) is 0.915. The normalized spacial score (nSPS) is 10.3. The molecule has 1 amide bonds. The minimum Gasteiger partial charge on any atom is -0.464 e. The lowest BCUT2D eigenvalue weighted by Crippen LogP contribution is -2.24. The molecule has 1 aromatic heterocycles. The van der Waals surface area contributed by atoms with Crippen LogP contribution in [0.1, 0.15) is 36.6 Å². The Balaban J connectivity index is 2.90. The van der Waals surface area contributed by atoms with E-state index in [1.807, 2.05) is 13.8 Å². The third-order valence-electron chi connectivity index (χ3n) is 2.72. The number of amides is 1. The number of anilines is 1. The quantitative estimate of drug-likeness (QED) is 0.725. The third-order valence-corrected chi connectivity index (χ3v) is 2.72. The zero-order chi connectivity index (χ0) is 14.4. The molecule has 3 N–H and O–H groups in total. The molecule has 0 unspecified atom stereocenters. The number of carbonyl (C=O) groups excluding carboxylic acids is 2. The van der Waals surface area contributed by atoms with Gasteiger partial charge in [-0.1, -0.05) is 6.92 Å². The van der Waals surface area contributed by atoms with Crippen LogP contribution in [0.4, 0.5) is 5.82 Å². The number of imidazole rings is 1. The van der Waals surface area contributed by atoms with E-state index in [1.165, 1.54) is 7.11 Å². The molecule has 0 saturated carbocycles. The Morgan fingerprint density at radius 2 is 2.11 bits per heavy atom. The van der Waals surface area contributed by atoms with Gasteiger partial charge in [0.2, 0.25) is 5.91 Å². The van der Waals surface area contributed by atoms with Crippen LogP contribution in [0, 0.1) is 0 Å². The topological polar surface area (TPSA) is 99.2 Å². The summed E-state index contributed by atoms with van der Waals surface area (Å²) in [7, 11) is 1.28. The summed E-state index contributed by atoms with van der Waals surface area (Å²) in [5.41, 5.74) is 5.99. The van der Waals surface area contributed by atoms with Crippen molar-refractivity contribution in [3.63, 3.8) is 0 Å². The number of hydrogen-bond donors (Lipinski definition) is 2. The first-order chi connectivity index (χ1) is 9.04. The molecule has 0 bridgehead atoms. The molecule has 7 heteroatoms. The summed E-state index contributed by atoms with van der Waals surface area (Å²) in [5.74, 6) is 0.288. The second kappa shape index (κ2) is 6.77. The van der Waals surface area contributed by atoms with E-state index in [9.17, 15) is 9.59 Å². The summed E-state index contributed by atoms with van der Waals surface area (Å²) in [6, 6.07) is 0. The number of ether oxygens (including phenoxy) is 1. The fourth-order valence-corrected chi connectivity index (χ4v) is 1.78. The molecule has 0 saturated heterocycles. The van der Waals surface area contributed by atoms with Crippen LogP contribution in [-0.2, 0) is 22.5 Å². The summed E-state index contributed by atoms with van der Waals surface area (Å²) < 4.78 is 6.30. The van der Waals surface area contributed by atoms with Crippen molar-refractivity contribution in [2.45, 2.75) is 33.2 Å². The molecular formula is C12H20N4O3. The summed E-state index contributed by atoms with van der Waals surface area (Å²) in [4.78, 5) is 27.1. The maximum atomic E-state index is 11.5. The number of hydrogen-bond acceptors (Lipinski definition) is 5. The van der Waals surface area contributed by atoms with E-state index in [0.717, 1.165) is 0 Å². The number of nitrogens with two attached hydrogens (primary N) is 1. The van der Waals surface area contributed by atoms with Gasteiger partial charge in [0.1, 0.15) is 11.6 Å². The maximum absolute atomic E-state index is 11.5. The molecule has 0 radical (unpaired) electrons. The van der Waals surface area contributed by atoms with Crippen molar-refractivity contribution in [1.29, 1.82) is 0 Å². The van der Waals surface area contributed by atoms with Crippen molar-refractivity contribution in [1.82, 2.24) is 14.9 Å². The highest BCUT2D eigenvalue weighted by molar-refractivity contribution is 5.92. The molecule has 7 nitrogen and oxygen atoms in total. The average molecular weight is 268 g/mol. The standard InChI is InChI=1S/C12H20N4O3/c1-4-8-15-10(12(18)19-3)11(13)16(8)7-6-9(17)14-5-2/h4-7,13H2,1-3H3,(H,14,17). The summed E-state index contributed by atoms with van der Waals surface area (Å²) in [5, 5.41) is 2.71.